The Morgan fingerprint density at radius 2 is 2.06 bits per heavy atom. The summed E-state index contributed by atoms with van der Waals surface area (Å²) in [5, 5.41) is 3.64. The van der Waals surface area contributed by atoms with E-state index in [0.29, 0.717) is 12.3 Å². The first-order chi connectivity index (χ1) is 8.24. The number of nitrogens with zero attached hydrogens (tertiary/aromatic N) is 1. The zero-order valence-electron chi connectivity index (χ0n) is 9.77. The van der Waals surface area contributed by atoms with E-state index in [-0.39, 0.29) is 0 Å². The van der Waals surface area contributed by atoms with Gasteiger partial charge in [-0.15, -0.1) is 0 Å². The Balaban J connectivity index is 2.29. The molecule has 0 amide bonds. The number of nitrogens with two attached hydrogens (primary N) is 1. The molecule has 0 saturated carbocycles. The summed E-state index contributed by atoms with van der Waals surface area (Å²) in [7, 11) is 3.24. The molecular weight excluding hydrogens is 220 g/mol. The van der Waals surface area contributed by atoms with Crippen molar-refractivity contribution in [3.63, 3.8) is 0 Å². The highest BCUT2D eigenvalue weighted by Gasteiger charge is 2.10. The van der Waals surface area contributed by atoms with Gasteiger partial charge in [0.05, 0.1) is 20.4 Å². The molecule has 0 aliphatic rings. The number of hydrogen-bond acceptors (Lipinski definition) is 5. The van der Waals surface area contributed by atoms with Crippen molar-refractivity contribution in [2.24, 2.45) is 0 Å². The highest BCUT2D eigenvalue weighted by molar-refractivity contribution is 5.46. The molecule has 0 atom stereocenters. The fourth-order valence-corrected chi connectivity index (χ4v) is 1.60. The Hall–Kier alpha value is -2.17. The summed E-state index contributed by atoms with van der Waals surface area (Å²) in [4.78, 5) is 0. The van der Waals surface area contributed by atoms with Gasteiger partial charge < -0.3 is 19.7 Å². The summed E-state index contributed by atoms with van der Waals surface area (Å²) in [6.07, 6.45) is 2.22. The fourth-order valence-electron chi connectivity index (χ4n) is 1.60. The van der Waals surface area contributed by atoms with E-state index in [0.717, 1.165) is 22.6 Å². The normalized spacial score (nSPS) is 10.2. The van der Waals surface area contributed by atoms with Crippen molar-refractivity contribution in [2.75, 3.05) is 20.0 Å². The molecule has 2 aromatic rings. The lowest BCUT2D eigenvalue weighted by Gasteiger charge is -2.09. The van der Waals surface area contributed by atoms with Gasteiger partial charge in [-0.25, -0.2) is 0 Å². The van der Waals surface area contributed by atoms with E-state index in [2.05, 4.69) is 5.16 Å². The molecule has 1 aromatic carbocycles. The van der Waals surface area contributed by atoms with Crippen LogP contribution in [0.4, 0.5) is 5.88 Å². The quantitative estimate of drug-likeness (QED) is 0.874. The first-order valence-electron chi connectivity index (χ1n) is 5.14. The van der Waals surface area contributed by atoms with Crippen molar-refractivity contribution in [3.05, 3.63) is 35.5 Å². The van der Waals surface area contributed by atoms with Gasteiger partial charge in [0.2, 0.25) is 5.88 Å². The molecule has 0 fully saturated rings. The first-order valence-corrected chi connectivity index (χ1v) is 5.14. The van der Waals surface area contributed by atoms with Crippen molar-refractivity contribution >= 4 is 5.88 Å². The van der Waals surface area contributed by atoms with Gasteiger partial charge in [-0.2, -0.15) is 0 Å². The second-order valence-corrected chi connectivity index (χ2v) is 3.57. The number of hydrogen-bond donors (Lipinski definition) is 1. The van der Waals surface area contributed by atoms with Crippen LogP contribution in [0.25, 0.3) is 0 Å². The second kappa shape index (κ2) is 4.78. The van der Waals surface area contributed by atoms with Crippen LogP contribution in [0, 0.1) is 0 Å². The molecule has 17 heavy (non-hydrogen) atoms. The largest absolute Gasteiger partial charge is 0.497 e. The van der Waals surface area contributed by atoms with Gasteiger partial charge in [-0.3, -0.25) is 0 Å². The third-order valence-corrected chi connectivity index (χ3v) is 2.55. The minimum absolute atomic E-state index is 0.336. The van der Waals surface area contributed by atoms with Crippen molar-refractivity contribution in [3.8, 4) is 11.5 Å². The molecule has 2 N–H and O–H groups in total. The monoisotopic (exact) mass is 234 g/mol. The van der Waals surface area contributed by atoms with Crippen molar-refractivity contribution in [2.45, 2.75) is 6.42 Å². The first kappa shape index (κ1) is 11.3. The Morgan fingerprint density at radius 1 is 1.24 bits per heavy atom. The van der Waals surface area contributed by atoms with Crippen LogP contribution >= 0.6 is 0 Å². The second-order valence-electron chi connectivity index (χ2n) is 3.57. The fraction of sp³-hybridized carbons (Fsp3) is 0.250. The third-order valence-electron chi connectivity index (χ3n) is 2.55. The molecule has 0 bridgehead atoms. The van der Waals surface area contributed by atoms with Crippen molar-refractivity contribution < 1.29 is 14.0 Å². The lowest BCUT2D eigenvalue weighted by atomic mass is 10.1. The van der Waals surface area contributed by atoms with Crippen LogP contribution in [-0.4, -0.2) is 19.4 Å². The van der Waals surface area contributed by atoms with Gasteiger partial charge in [0.1, 0.15) is 11.5 Å². The molecule has 1 aromatic heterocycles. The van der Waals surface area contributed by atoms with E-state index in [1.165, 1.54) is 0 Å². The van der Waals surface area contributed by atoms with Gasteiger partial charge in [0.25, 0.3) is 0 Å². The van der Waals surface area contributed by atoms with Crippen LogP contribution in [0.2, 0.25) is 0 Å². The number of anilines is 1. The molecule has 5 heteroatoms. The lowest BCUT2D eigenvalue weighted by Crippen LogP contribution is -1.96. The minimum atomic E-state index is 0.336. The van der Waals surface area contributed by atoms with Crippen molar-refractivity contribution in [1.82, 2.24) is 5.16 Å². The van der Waals surface area contributed by atoms with E-state index in [1.807, 2.05) is 18.2 Å². The third kappa shape index (κ3) is 2.33. The van der Waals surface area contributed by atoms with Crippen LogP contribution in [0.5, 0.6) is 11.5 Å². The molecular formula is C12H14N2O3. The average molecular weight is 234 g/mol. The average Bonchev–Trinajstić information content (AvgIpc) is 2.75. The Labute approximate surface area is 99.1 Å². The van der Waals surface area contributed by atoms with Gasteiger partial charge in [0.15, 0.2) is 0 Å². The molecule has 90 valence electrons. The summed E-state index contributed by atoms with van der Waals surface area (Å²) >= 11 is 0. The number of benzene rings is 1. The van der Waals surface area contributed by atoms with E-state index in [4.69, 9.17) is 19.7 Å². The maximum atomic E-state index is 5.64. The molecule has 2 rings (SSSR count). The Kier molecular flexibility index (Phi) is 3.18. The summed E-state index contributed by atoms with van der Waals surface area (Å²) in [5.41, 5.74) is 7.49. The van der Waals surface area contributed by atoms with Gasteiger partial charge in [0, 0.05) is 18.1 Å². The van der Waals surface area contributed by atoms with Crippen molar-refractivity contribution in [1.29, 1.82) is 0 Å². The van der Waals surface area contributed by atoms with E-state index in [9.17, 15) is 0 Å². The molecule has 0 radical (unpaired) electrons. The molecule has 0 aliphatic carbocycles. The number of methoxy groups -OCH3 is 2. The Bertz CT molecular complexity index is 508. The zero-order chi connectivity index (χ0) is 12.3. The number of aromatic nitrogens is 1. The van der Waals surface area contributed by atoms with E-state index < -0.39 is 0 Å². The van der Waals surface area contributed by atoms with E-state index >= 15 is 0 Å². The SMILES string of the molecule is COc1ccc(Cc2cnoc2N)c(OC)c1. The minimum Gasteiger partial charge on any atom is -0.497 e. The maximum Gasteiger partial charge on any atom is 0.225 e. The highest BCUT2D eigenvalue weighted by atomic mass is 16.5. The maximum absolute atomic E-state index is 5.64. The molecule has 0 aliphatic heterocycles. The lowest BCUT2D eigenvalue weighted by molar-refractivity contribution is 0.391. The Morgan fingerprint density at radius 3 is 2.65 bits per heavy atom. The molecule has 0 spiro atoms. The van der Waals surface area contributed by atoms with E-state index in [1.54, 1.807) is 20.4 Å². The van der Waals surface area contributed by atoms with Gasteiger partial charge in [-0.1, -0.05) is 11.2 Å². The zero-order valence-corrected chi connectivity index (χ0v) is 9.77. The summed E-state index contributed by atoms with van der Waals surface area (Å²) in [6, 6.07) is 5.64. The molecule has 0 saturated heterocycles. The predicted octanol–water partition coefficient (Wildman–Crippen LogP) is 1.86. The summed E-state index contributed by atoms with van der Waals surface area (Å²) in [5.74, 6) is 1.84. The van der Waals surface area contributed by atoms with Gasteiger partial charge >= 0.3 is 0 Å². The predicted molar refractivity (Wildman–Crippen MR) is 63.3 cm³/mol. The smallest absolute Gasteiger partial charge is 0.225 e. The standard InChI is InChI=1S/C12H14N2O3/c1-15-10-4-3-8(11(6-10)16-2)5-9-7-14-17-12(9)13/h3-4,6-7H,5,13H2,1-2H3. The highest BCUT2D eigenvalue weighted by Crippen LogP contribution is 2.27. The van der Waals surface area contributed by atoms with Crippen LogP contribution < -0.4 is 15.2 Å². The van der Waals surface area contributed by atoms with Crippen LogP contribution in [-0.2, 0) is 6.42 Å². The number of nitrogen functional groups attached to an aromatic ring is 1. The van der Waals surface area contributed by atoms with Gasteiger partial charge in [-0.05, 0) is 11.6 Å². The molecule has 5 nitrogen and oxygen atoms in total. The van der Waals surface area contributed by atoms with Crippen LogP contribution in [0.1, 0.15) is 11.1 Å². The topological polar surface area (TPSA) is 70.5 Å². The number of ether oxygens (including phenoxy) is 2. The summed E-state index contributed by atoms with van der Waals surface area (Å²) in [6.45, 7) is 0. The summed E-state index contributed by atoms with van der Waals surface area (Å²) < 4.78 is 15.3. The molecule has 0 unspecified atom stereocenters. The molecule has 1 heterocycles. The van der Waals surface area contributed by atoms with Crippen LogP contribution in [0.15, 0.2) is 28.9 Å². The number of rotatable bonds is 4. The van der Waals surface area contributed by atoms with Crippen LogP contribution in [0.3, 0.4) is 0 Å².